The van der Waals surface area contributed by atoms with Crippen molar-refractivity contribution in [2.75, 3.05) is 0 Å². The summed E-state index contributed by atoms with van der Waals surface area (Å²) in [6.45, 7) is 14.7. The quantitative estimate of drug-likeness (QED) is 0.0579. The van der Waals surface area contributed by atoms with Crippen LogP contribution in [0.4, 0.5) is 0 Å². The molecule has 0 saturated heterocycles. The number of carbonyl (C=O) groups excluding carboxylic acids is 1. The molecule has 6 rings (SSSR count). The Bertz CT molecular complexity index is 1880. The van der Waals surface area contributed by atoms with Crippen LogP contribution in [0, 0.1) is 38.7 Å². The van der Waals surface area contributed by atoms with Crippen molar-refractivity contribution in [3.63, 3.8) is 0 Å². The summed E-state index contributed by atoms with van der Waals surface area (Å²) in [5, 5.41) is 15.6. The molecule has 0 fully saturated rings. The number of aliphatic hydroxyl groups excluding tert-OH is 1. The summed E-state index contributed by atoms with van der Waals surface area (Å²) in [6.07, 6.45) is 4.91. The van der Waals surface area contributed by atoms with Crippen LogP contribution in [0.3, 0.4) is 0 Å². The van der Waals surface area contributed by atoms with Gasteiger partial charge in [-0.1, -0.05) is 80.3 Å². The second kappa shape index (κ2) is 14.1. The molecule has 0 saturated carbocycles. The predicted octanol–water partition coefficient (Wildman–Crippen LogP) is 10.5. The molecule has 5 heteroatoms. The largest absolute Gasteiger partial charge is 0.512 e. The van der Waals surface area contributed by atoms with Gasteiger partial charge in [0.1, 0.15) is 0 Å². The molecule has 0 unspecified atom stereocenters. The number of benzene rings is 3. The van der Waals surface area contributed by atoms with E-state index in [1.165, 1.54) is 44.6 Å². The van der Waals surface area contributed by atoms with Crippen molar-refractivity contribution in [3.05, 3.63) is 95.4 Å². The summed E-state index contributed by atoms with van der Waals surface area (Å²) in [7, 11) is 0. The fraction of sp³-hybridized carbons (Fsp3) is 0.333. The summed E-state index contributed by atoms with van der Waals surface area (Å²) in [5.41, 5.74) is 8.43. The summed E-state index contributed by atoms with van der Waals surface area (Å²) in [6, 6.07) is 25.1. The minimum absolute atomic E-state index is 0. The van der Waals surface area contributed by atoms with Crippen molar-refractivity contribution in [1.82, 2.24) is 9.38 Å². The molecular formula is C39H43IrN2O2-. The van der Waals surface area contributed by atoms with E-state index in [2.05, 4.69) is 91.9 Å². The van der Waals surface area contributed by atoms with E-state index in [1.807, 2.05) is 27.7 Å². The Morgan fingerprint density at radius 2 is 1.48 bits per heavy atom. The van der Waals surface area contributed by atoms with E-state index < -0.39 is 0 Å². The molecule has 0 aliphatic heterocycles. The van der Waals surface area contributed by atoms with Gasteiger partial charge in [0, 0.05) is 65.6 Å². The van der Waals surface area contributed by atoms with Crippen LogP contribution in [-0.4, -0.2) is 20.3 Å². The van der Waals surface area contributed by atoms with Gasteiger partial charge in [0.15, 0.2) is 5.78 Å². The SMILES string of the molecule is CCC(CC)C(=O)/C=C(\O)C(CC)CC.Cc1c(C)c2c3cc4ccccc4[c-]c3c3nc4ccccc4cc3n2c1C.[Ir]. The van der Waals surface area contributed by atoms with Crippen molar-refractivity contribution in [2.24, 2.45) is 11.8 Å². The van der Waals surface area contributed by atoms with Gasteiger partial charge in [-0.15, -0.1) is 23.6 Å². The minimum Gasteiger partial charge on any atom is -0.512 e. The van der Waals surface area contributed by atoms with Crippen molar-refractivity contribution in [1.29, 1.82) is 0 Å². The molecule has 1 N–H and O–H groups in total. The molecular weight excluding hydrogens is 721 g/mol. The Balaban J connectivity index is 0.000000239. The van der Waals surface area contributed by atoms with Crippen molar-refractivity contribution < 1.29 is 30.0 Å². The number of aromatic nitrogens is 2. The summed E-state index contributed by atoms with van der Waals surface area (Å²) >= 11 is 0. The average molecular weight is 764 g/mol. The zero-order valence-corrected chi connectivity index (χ0v) is 29.3. The van der Waals surface area contributed by atoms with Gasteiger partial charge in [-0.2, -0.15) is 0 Å². The Hall–Kier alpha value is -3.53. The monoisotopic (exact) mass is 764 g/mol. The number of rotatable bonds is 7. The van der Waals surface area contributed by atoms with Gasteiger partial charge >= 0.3 is 0 Å². The van der Waals surface area contributed by atoms with E-state index in [1.54, 1.807) is 0 Å². The zero-order chi connectivity index (χ0) is 30.8. The minimum atomic E-state index is 0. The van der Waals surface area contributed by atoms with Crippen molar-refractivity contribution >= 4 is 54.8 Å². The molecule has 0 bridgehead atoms. The molecule has 0 atom stereocenters. The van der Waals surface area contributed by atoms with E-state index >= 15 is 0 Å². The molecule has 44 heavy (non-hydrogen) atoms. The van der Waals surface area contributed by atoms with Crippen LogP contribution in [0.15, 0.2) is 72.5 Å². The first-order chi connectivity index (χ1) is 20.7. The topological polar surface area (TPSA) is 54.6 Å². The Labute approximate surface area is 274 Å². The molecule has 0 aliphatic rings. The first-order valence-electron chi connectivity index (χ1n) is 15.7. The first-order valence-corrected chi connectivity index (χ1v) is 15.7. The fourth-order valence-electron chi connectivity index (χ4n) is 6.35. The average Bonchev–Trinajstić information content (AvgIpc) is 3.25. The third kappa shape index (κ3) is 6.05. The molecule has 0 spiro atoms. The fourth-order valence-corrected chi connectivity index (χ4v) is 6.35. The molecule has 0 amide bonds. The van der Waals surface area contributed by atoms with E-state index in [9.17, 15) is 9.90 Å². The number of carbonyl (C=O) groups is 1. The van der Waals surface area contributed by atoms with Crippen LogP contribution in [0.1, 0.15) is 70.2 Å². The summed E-state index contributed by atoms with van der Waals surface area (Å²) in [5.74, 6) is 0.547. The van der Waals surface area contributed by atoms with Crippen molar-refractivity contribution in [3.8, 4) is 0 Å². The molecule has 231 valence electrons. The number of pyridine rings is 2. The van der Waals surface area contributed by atoms with Crippen LogP contribution in [0.5, 0.6) is 0 Å². The molecule has 3 heterocycles. The van der Waals surface area contributed by atoms with Crippen LogP contribution >= 0.6 is 0 Å². The van der Waals surface area contributed by atoms with Crippen molar-refractivity contribution in [2.45, 2.75) is 74.1 Å². The second-order valence-corrected chi connectivity index (χ2v) is 11.7. The number of nitrogens with zero attached hydrogens (tertiary/aromatic N) is 2. The summed E-state index contributed by atoms with van der Waals surface area (Å²) in [4.78, 5) is 16.8. The Morgan fingerprint density at radius 3 is 2.14 bits per heavy atom. The maximum absolute atomic E-state index is 11.7. The number of para-hydroxylation sites is 1. The molecule has 3 aromatic heterocycles. The van der Waals surface area contributed by atoms with Gasteiger partial charge in [0.2, 0.25) is 0 Å². The first kappa shape index (κ1) is 33.4. The van der Waals surface area contributed by atoms with Crippen LogP contribution in [-0.2, 0) is 24.9 Å². The molecule has 4 nitrogen and oxygen atoms in total. The third-order valence-electron chi connectivity index (χ3n) is 9.33. The van der Waals surface area contributed by atoms with Crippen LogP contribution in [0.25, 0.3) is 49.0 Å². The number of hydrogen-bond acceptors (Lipinski definition) is 3. The van der Waals surface area contributed by atoms with E-state index in [0.29, 0.717) is 0 Å². The number of allylic oxidation sites excluding steroid dienone is 2. The molecule has 1 radical (unpaired) electrons. The summed E-state index contributed by atoms with van der Waals surface area (Å²) < 4.78 is 2.39. The number of aryl methyl sites for hydroxylation is 2. The third-order valence-corrected chi connectivity index (χ3v) is 9.33. The smallest absolute Gasteiger partial charge is 0.162 e. The van der Waals surface area contributed by atoms with Gasteiger partial charge in [0.25, 0.3) is 0 Å². The van der Waals surface area contributed by atoms with Gasteiger partial charge in [-0.3, -0.25) is 9.78 Å². The van der Waals surface area contributed by atoms with E-state index in [0.717, 1.165) is 53.0 Å². The zero-order valence-electron chi connectivity index (χ0n) is 26.9. The van der Waals surface area contributed by atoms with Crippen LogP contribution < -0.4 is 0 Å². The number of hydrogen-bond donors (Lipinski definition) is 1. The predicted molar refractivity (Wildman–Crippen MR) is 182 cm³/mol. The van der Waals surface area contributed by atoms with Gasteiger partial charge in [-0.25, -0.2) is 0 Å². The van der Waals surface area contributed by atoms with E-state index in [4.69, 9.17) is 4.98 Å². The van der Waals surface area contributed by atoms with E-state index in [-0.39, 0.29) is 43.5 Å². The number of fused-ring (bicyclic) bond motifs is 8. The van der Waals surface area contributed by atoms with Gasteiger partial charge in [-0.05, 0) is 69.7 Å². The molecule has 6 aromatic rings. The normalized spacial score (nSPS) is 12.0. The number of ketones is 1. The van der Waals surface area contributed by atoms with Gasteiger partial charge in [0.05, 0.1) is 11.3 Å². The van der Waals surface area contributed by atoms with Gasteiger partial charge < -0.3 is 9.51 Å². The molecule has 3 aromatic carbocycles. The Morgan fingerprint density at radius 1 is 0.864 bits per heavy atom. The maximum atomic E-state index is 11.7. The standard InChI is InChI=1S/C26H19N2.C13H24O2.Ir/c1-15-16(2)26-22-13-19-9-5-4-8-18(19)12-21(22)25-24(28(26)17(15)3)14-20-10-6-7-11-23(20)27-25;1-5-10(6-2)12(14)9-13(15)11(7-3)8-4;/h4-11,13-14H,1-3H3;9-11,14H,5-8H2,1-4H3;/q-1;;/b;12-9-;. The maximum Gasteiger partial charge on any atom is 0.162 e. The second-order valence-electron chi connectivity index (χ2n) is 11.7. The number of aliphatic hydroxyl groups is 1. The Kier molecular flexibility index (Phi) is 10.7. The molecule has 0 aliphatic carbocycles. The van der Waals surface area contributed by atoms with Crippen LogP contribution in [0.2, 0.25) is 0 Å².